The molecule has 2 saturated heterocycles. The second kappa shape index (κ2) is 15.9. The van der Waals surface area contributed by atoms with Crippen LogP contribution in [0.3, 0.4) is 0 Å². The molecule has 2 aliphatic rings. The van der Waals surface area contributed by atoms with E-state index in [9.17, 15) is 32.7 Å². The Morgan fingerprint density at radius 1 is 0.982 bits per heavy atom. The number of nitrogens with zero attached hydrogens (tertiary/aromatic N) is 7. The molecule has 19 heteroatoms. The summed E-state index contributed by atoms with van der Waals surface area (Å²) >= 11 is 6.49. The molecule has 0 bridgehead atoms. The zero-order chi connectivity index (χ0) is 40.7. The Kier molecular flexibility index (Phi) is 11.6. The number of quaternary nitrogens is 1. The van der Waals surface area contributed by atoms with Gasteiger partial charge in [-0.15, -0.1) is 0 Å². The molecular formula is C37H41ClF5N8O5+. The molecule has 0 radical (unpaired) electrons. The number of aliphatic hydroxyl groups is 2. The molecule has 3 N–H and O–H groups in total. The van der Waals surface area contributed by atoms with Gasteiger partial charge < -0.3 is 34.4 Å². The van der Waals surface area contributed by atoms with E-state index in [4.69, 9.17) is 16.7 Å². The second-order valence-electron chi connectivity index (χ2n) is 14.7. The third kappa shape index (κ3) is 8.42. The number of likely N-dealkylation sites (tertiary alicyclic amines) is 1. The van der Waals surface area contributed by atoms with Gasteiger partial charge in [-0.25, -0.2) is 13.8 Å². The fraction of sp³-hybridized carbons (Fsp3) is 0.432. The van der Waals surface area contributed by atoms with Crippen LogP contribution in [-0.2, 0) is 24.6 Å². The molecule has 6 rings (SSSR count). The molecule has 0 aliphatic carbocycles. The molecule has 4 aromatic rings. The van der Waals surface area contributed by atoms with Crippen molar-refractivity contribution in [3.8, 4) is 22.4 Å². The number of halogens is 6. The largest absolute Gasteiger partial charge is 0.435 e. The van der Waals surface area contributed by atoms with E-state index in [-0.39, 0.29) is 45.5 Å². The quantitative estimate of drug-likeness (QED) is 0.169. The predicted molar refractivity (Wildman–Crippen MR) is 194 cm³/mol. The SMILES string of the molecule is Cn1c(-c2ccc(-c3cn(CC(O)CO)nc3C(F)(F)F)c(F)c2F)cnc1C(=O)Nc1ccc(C(=O)N2CCN(C(=O)C3CC[N+](C)(C)CC3)CC2)c(Cl)c1. The van der Waals surface area contributed by atoms with Crippen molar-refractivity contribution >= 4 is 35.0 Å². The summed E-state index contributed by atoms with van der Waals surface area (Å²) in [5, 5.41) is 24.7. The number of imidazole rings is 1. The lowest BCUT2D eigenvalue weighted by molar-refractivity contribution is -0.895. The fourth-order valence-corrected chi connectivity index (χ4v) is 7.31. The molecule has 4 heterocycles. The Labute approximate surface area is 323 Å². The molecule has 0 saturated carbocycles. The number of aliphatic hydroxyl groups excluding tert-OH is 2. The normalized spacial score (nSPS) is 16.9. The average Bonchev–Trinajstić information content (AvgIpc) is 3.76. The van der Waals surface area contributed by atoms with E-state index in [1.54, 1.807) is 4.90 Å². The van der Waals surface area contributed by atoms with Gasteiger partial charge in [0.15, 0.2) is 23.2 Å². The number of alkyl halides is 3. The maximum atomic E-state index is 15.5. The van der Waals surface area contributed by atoms with Crippen LogP contribution in [0, 0.1) is 17.6 Å². The average molecular weight is 808 g/mol. The molecule has 2 aromatic heterocycles. The van der Waals surface area contributed by atoms with E-state index in [2.05, 4.69) is 29.5 Å². The highest BCUT2D eigenvalue weighted by Crippen LogP contribution is 2.39. The molecule has 300 valence electrons. The maximum absolute atomic E-state index is 15.5. The highest BCUT2D eigenvalue weighted by atomic mass is 35.5. The number of aromatic nitrogens is 4. The van der Waals surface area contributed by atoms with Crippen LogP contribution in [0.4, 0.5) is 27.6 Å². The highest BCUT2D eigenvalue weighted by molar-refractivity contribution is 6.34. The molecule has 2 fully saturated rings. The van der Waals surface area contributed by atoms with Crippen molar-refractivity contribution in [1.82, 2.24) is 29.1 Å². The van der Waals surface area contributed by atoms with Crippen molar-refractivity contribution in [3.05, 3.63) is 76.5 Å². The Hall–Kier alpha value is -4.91. The summed E-state index contributed by atoms with van der Waals surface area (Å²) in [7, 11) is 5.68. The van der Waals surface area contributed by atoms with Gasteiger partial charge in [0.2, 0.25) is 5.91 Å². The summed E-state index contributed by atoms with van der Waals surface area (Å²) in [6.07, 6.45) is -2.93. The van der Waals surface area contributed by atoms with Gasteiger partial charge in [0, 0.05) is 80.6 Å². The fourth-order valence-electron chi connectivity index (χ4n) is 7.05. The molecular weight excluding hydrogens is 767 g/mol. The van der Waals surface area contributed by atoms with Crippen LogP contribution in [-0.4, -0.2) is 128 Å². The summed E-state index contributed by atoms with van der Waals surface area (Å²) in [5.41, 5.74) is -3.11. The van der Waals surface area contributed by atoms with E-state index in [1.807, 2.05) is 4.90 Å². The van der Waals surface area contributed by atoms with Gasteiger partial charge in [0.1, 0.15) is 0 Å². The lowest BCUT2D eigenvalue weighted by Crippen LogP contribution is -2.54. The zero-order valence-electron chi connectivity index (χ0n) is 30.8. The van der Waals surface area contributed by atoms with E-state index in [0.717, 1.165) is 54.9 Å². The first kappa shape index (κ1) is 40.7. The zero-order valence-corrected chi connectivity index (χ0v) is 31.5. The molecule has 1 atom stereocenters. The first-order valence-corrected chi connectivity index (χ1v) is 18.2. The topological polar surface area (TPSA) is 146 Å². The lowest BCUT2D eigenvalue weighted by Gasteiger charge is -2.40. The van der Waals surface area contributed by atoms with Gasteiger partial charge in [0.25, 0.3) is 11.8 Å². The number of nitrogens with one attached hydrogen (secondary N) is 1. The van der Waals surface area contributed by atoms with Crippen molar-refractivity contribution in [3.63, 3.8) is 0 Å². The van der Waals surface area contributed by atoms with Crippen LogP contribution in [0.5, 0.6) is 0 Å². The second-order valence-corrected chi connectivity index (χ2v) is 15.1. The van der Waals surface area contributed by atoms with E-state index in [1.165, 1.54) is 29.8 Å². The van der Waals surface area contributed by atoms with Crippen molar-refractivity contribution < 1.29 is 51.0 Å². The van der Waals surface area contributed by atoms with Crippen LogP contribution in [0.25, 0.3) is 22.4 Å². The summed E-state index contributed by atoms with van der Waals surface area (Å²) in [5.74, 6) is -4.32. The molecule has 2 aliphatic heterocycles. The third-order valence-electron chi connectivity index (χ3n) is 10.3. The first-order valence-electron chi connectivity index (χ1n) is 17.8. The molecule has 2 aromatic carbocycles. The van der Waals surface area contributed by atoms with Crippen LogP contribution in [0.15, 0.2) is 42.7 Å². The van der Waals surface area contributed by atoms with Crippen molar-refractivity contribution in [1.29, 1.82) is 0 Å². The first-order chi connectivity index (χ1) is 26.4. The molecule has 56 heavy (non-hydrogen) atoms. The minimum atomic E-state index is -5.05. The number of rotatable bonds is 9. The molecule has 13 nitrogen and oxygen atoms in total. The number of carbonyl (C=O) groups excluding carboxylic acids is 3. The van der Waals surface area contributed by atoms with Crippen LogP contribution >= 0.6 is 11.6 Å². The highest BCUT2D eigenvalue weighted by Gasteiger charge is 2.39. The summed E-state index contributed by atoms with van der Waals surface area (Å²) in [6, 6.07) is 6.29. The van der Waals surface area contributed by atoms with E-state index < -0.39 is 65.4 Å². The van der Waals surface area contributed by atoms with Crippen LogP contribution < -0.4 is 5.32 Å². The van der Waals surface area contributed by atoms with Crippen LogP contribution in [0.2, 0.25) is 5.02 Å². The summed E-state index contributed by atoms with van der Waals surface area (Å²) in [6.45, 7) is 2.12. The van der Waals surface area contributed by atoms with Gasteiger partial charge in [-0.3, -0.25) is 19.1 Å². The predicted octanol–water partition coefficient (Wildman–Crippen LogP) is 4.28. The van der Waals surface area contributed by atoms with Crippen molar-refractivity contribution in [2.75, 3.05) is 65.3 Å². The number of hydrogen-bond acceptors (Lipinski definition) is 7. The van der Waals surface area contributed by atoms with Gasteiger partial charge in [0.05, 0.1) is 68.9 Å². The molecule has 1 unspecified atom stereocenters. The number of anilines is 1. The van der Waals surface area contributed by atoms with Crippen LogP contribution in [0.1, 0.15) is 39.5 Å². The Morgan fingerprint density at radius 3 is 2.23 bits per heavy atom. The van der Waals surface area contributed by atoms with Gasteiger partial charge in [-0.2, -0.15) is 18.3 Å². The lowest BCUT2D eigenvalue weighted by atomic mass is 9.94. The monoisotopic (exact) mass is 807 g/mol. The van der Waals surface area contributed by atoms with Gasteiger partial charge in [-0.1, -0.05) is 17.7 Å². The number of amides is 3. The van der Waals surface area contributed by atoms with Crippen molar-refractivity contribution in [2.45, 2.75) is 31.7 Å². The minimum Gasteiger partial charge on any atom is -0.394 e. The summed E-state index contributed by atoms with van der Waals surface area (Å²) < 4.78 is 75.2. The smallest absolute Gasteiger partial charge is 0.394 e. The van der Waals surface area contributed by atoms with E-state index >= 15 is 8.78 Å². The number of piperidine rings is 1. The Bertz CT molecular complexity index is 2140. The minimum absolute atomic E-state index is 0.00346. The van der Waals surface area contributed by atoms with Gasteiger partial charge >= 0.3 is 6.18 Å². The van der Waals surface area contributed by atoms with Gasteiger partial charge in [-0.05, 0) is 24.3 Å². The summed E-state index contributed by atoms with van der Waals surface area (Å²) in [4.78, 5) is 47.2. The number of carbonyl (C=O) groups is 3. The number of benzene rings is 2. The molecule has 3 amide bonds. The molecule has 0 spiro atoms. The van der Waals surface area contributed by atoms with Crippen molar-refractivity contribution in [2.24, 2.45) is 13.0 Å². The number of hydrogen-bond donors (Lipinski definition) is 3. The third-order valence-corrected chi connectivity index (χ3v) is 10.6. The van der Waals surface area contributed by atoms with E-state index in [0.29, 0.717) is 30.9 Å². The Balaban J connectivity index is 1.12. The Morgan fingerprint density at radius 2 is 1.61 bits per heavy atom. The number of piperazine rings is 1. The maximum Gasteiger partial charge on any atom is 0.435 e. The standard InChI is InChI=1S/C37H40ClF5N8O5/c1-47-29(26-7-6-24(30(39)31(26)40)27-19-50(18-23(53)20-52)46-32(27)37(41,42)43)17-44-33(47)34(54)45-22-4-5-25(28(38)16-22)36(56)49-12-10-48(11-13-49)35(55)21-8-14-51(2,3)15-9-21/h4-7,16-17,19,21,23,52-53H,8-15,18,20H2,1-3H3/p+1.